The number of aromatic nitrogens is 1. The Morgan fingerprint density at radius 3 is 2.62 bits per heavy atom. The van der Waals surface area contributed by atoms with Crippen LogP contribution in [0.1, 0.15) is 33.3 Å². The first kappa shape index (κ1) is 30.0. The lowest BCUT2D eigenvalue weighted by molar-refractivity contribution is 0.0727. The third-order valence-electron chi connectivity index (χ3n) is 6.91. The van der Waals surface area contributed by atoms with Gasteiger partial charge in [0.1, 0.15) is 11.4 Å². The normalized spacial score (nSPS) is 12.0. The summed E-state index contributed by atoms with van der Waals surface area (Å²) in [6.45, 7) is 2.24. The molecule has 4 aromatic carbocycles. The smallest absolute Gasteiger partial charge is 0.343 e. The first-order valence-corrected chi connectivity index (χ1v) is 14.9. The highest BCUT2D eigenvalue weighted by atomic mass is 79.9. The average molecular weight is 691 g/mol. The Bertz CT molecular complexity index is 1970. The van der Waals surface area contributed by atoms with Crippen LogP contribution in [0.4, 0.5) is 0 Å². The van der Waals surface area contributed by atoms with E-state index in [1.54, 1.807) is 55.6 Å². The molecule has 1 aromatic heterocycles. The fourth-order valence-electron chi connectivity index (χ4n) is 4.87. The molecule has 5 aromatic rings. The second-order valence-corrected chi connectivity index (χ2v) is 10.9. The van der Waals surface area contributed by atoms with Crippen LogP contribution in [0.25, 0.3) is 22.0 Å². The molecule has 0 atom stereocenters. The maximum absolute atomic E-state index is 13.5. The molecule has 1 aliphatic rings. The van der Waals surface area contributed by atoms with Gasteiger partial charge in [0.05, 0.1) is 31.0 Å². The van der Waals surface area contributed by atoms with Crippen LogP contribution in [0, 0.1) is 0 Å². The van der Waals surface area contributed by atoms with Crippen molar-refractivity contribution in [3.05, 3.63) is 99.1 Å². The van der Waals surface area contributed by atoms with E-state index in [0.717, 1.165) is 9.86 Å². The number of rotatable bonds is 9. The molecule has 45 heavy (non-hydrogen) atoms. The van der Waals surface area contributed by atoms with Crippen LogP contribution in [0.3, 0.4) is 0 Å². The van der Waals surface area contributed by atoms with E-state index < -0.39 is 11.9 Å². The van der Waals surface area contributed by atoms with Crippen molar-refractivity contribution in [3.8, 4) is 39.9 Å². The van der Waals surface area contributed by atoms with Gasteiger partial charge in [-0.15, -0.1) is 0 Å². The zero-order valence-electron chi connectivity index (χ0n) is 24.0. The number of carbonyl (C=O) groups is 2. The van der Waals surface area contributed by atoms with E-state index in [1.807, 2.05) is 31.2 Å². The van der Waals surface area contributed by atoms with Crippen molar-refractivity contribution in [2.75, 3.05) is 20.5 Å². The Kier molecular flexibility index (Phi) is 8.63. The number of nitrogens with one attached hydrogen (secondary N) is 2. The summed E-state index contributed by atoms with van der Waals surface area (Å²) in [5, 5.41) is 5.39. The summed E-state index contributed by atoms with van der Waals surface area (Å²) in [6.07, 6.45) is 1.46. The summed E-state index contributed by atoms with van der Waals surface area (Å²) in [5.41, 5.74) is 5.62. The lowest BCUT2D eigenvalue weighted by Gasteiger charge is -2.11. The molecular formula is C33H25BrClN3O7. The van der Waals surface area contributed by atoms with Crippen LogP contribution in [-0.4, -0.2) is 43.6 Å². The van der Waals surface area contributed by atoms with Crippen molar-refractivity contribution in [1.82, 2.24) is 10.4 Å². The molecule has 12 heteroatoms. The summed E-state index contributed by atoms with van der Waals surface area (Å²) in [7, 11) is 1.56. The van der Waals surface area contributed by atoms with Crippen LogP contribution in [0.15, 0.2) is 82.4 Å². The fourth-order valence-corrected chi connectivity index (χ4v) is 5.63. The van der Waals surface area contributed by atoms with Crippen molar-refractivity contribution in [2.45, 2.75) is 6.92 Å². The number of nitrogens with zero attached hydrogens (tertiary/aromatic N) is 1. The van der Waals surface area contributed by atoms with E-state index in [-0.39, 0.29) is 18.2 Å². The van der Waals surface area contributed by atoms with Gasteiger partial charge in [0.15, 0.2) is 23.0 Å². The molecule has 0 radical (unpaired) electrons. The molecule has 6 rings (SSSR count). The highest BCUT2D eigenvalue weighted by Crippen LogP contribution is 2.43. The third-order valence-corrected chi connectivity index (χ3v) is 7.91. The summed E-state index contributed by atoms with van der Waals surface area (Å²) >= 11 is 10.2. The van der Waals surface area contributed by atoms with Gasteiger partial charge in [-0.2, -0.15) is 5.10 Å². The van der Waals surface area contributed by atoms with Crippen molar-refractivity contribution in [3.63, 3.8) is 0 Å². The van der Waals surface area contributed by atoms with Gasteiger partial charge >= 0.3 is 5.97 Å². The van der Waals surface area contributed by atoms with Gasteiger partial charge < -0.3 is 28.7 Å². The van der Waals surface area contributed by atoms with Crippen molar-refractivity contribution < 1.29 is 33.3 Å². The Morgan fingerprint density at radius 2 is 1.82 bits per heavy atom. The quantitative estimate of drug-likeness (QED) is 0.0717. The molecule has 2 heterocycles. The van der Waals surface area contributed by atoms with Gasteiger partial charge in [-0.25, -0.2) is 10.2 Å². The minimum absolute atomic E-state index is 0.0998. The second kappa shape index (κ2) is 12.9. The first-order valence-electron chi connectivity index (χ1n) is 13.7. The standard InChI is InChI=1S/C33H25BrClN3O7/c1-3-42-26-14-18(8-11-24(26)45-33(40)19-9-12-23-27(15-19)44-17-43-23)16-36-38-32(39)31-28(20-6-4-5-7-22(20)35)29-21(34)10-13-25(41-2)30(29)37-31/h4-16,37H,3,17H2,1-2H3,(H,38,39). The molecule has 1 amide bonds. The van der Waals surface area contributed by atoms with E-state index in [9.17, 15) is 9.59 Å². The fraction of sp³-hybridized carbons (Fsp3) is 0.121. The third kappa shape index (κ3) is 6.04. The molecule has 0 spiro atoms. The van der Waals surface area contributed by atoms with Crippen LogP contribution >= 0.6 is 27.5 Å². The number of hydrogen-bond donors (Lipinski definition) is 2. The molecule has 0 saturated heterocycles. The zero-order chi connectivity index (χ0) is 31.5. The van der Waals surface area contributed by atoms with Crippen LogP contribution in [0.5, 0.6) is 28.7 Å². The van der Waals surface area contributed by atoms with Crippen molar-refractivity contribution >= 4 is 56.5 Å². The SMILES string of the molecule is CCOc1cc(C=NNC(=O)c2[nH]c3c(OC)ccc(Br)c3c2-c2ccccc2Cl)ccc1OC(=O)c1ccc2c(c1)OCO2. The predicted molar refractivity (Wildman–Crippen MR) is 173 cm³/mol. The second-order valence-electron chi connectivity index (χ2n) is 9.65. The van der Waals surface area contributed by atoms with Gasteiger partial charge in [-0.05, 0) is 67.1 Å². The summed E-state index contributed by atoms with van der Waals surface area (Å²) in [5.74, 6) is 1.07. The molecule has 228 valence electrons. The van der Waals surface area contributed by atoms with Crippen molar-refractivity contribution in [2.24, 2.45) is 5.10 Å². The van der Waals surface area contributed by atoms with Gasteiger partial charge in [-0.3, -0.25) is 4.79 Å². The minimum atomic E-state index is -0.584. The first-order chi connectivity index (χ1) is 21.9. The van der Waals surface area contributed by atoms with Crippen LogP contribution < -0.4 is 29.1 Å². The molecule has 10 nitrogen and oxygen atoms in total. The summed E-state index contributed by atoms with van der Waals surface area (Å²) in [4.78, 5) is 29.6. The van der Waals surface area contributed by atoms with E-state index in [2.05, 4.69) is 31.4 Å². The minimum Gasteiger partial charge on any atom is -0.495 e. The van der Waals surface area contributed by atoms with E-state index >= 15 is 0 Å². The number of carbonyl (C=O) groups excluding carboxylic acids is 2. The van der Waals surface area contributed by atoms with E-state index in [0.29, 0.717) is 62.4 Å². The Balaban J connectivity index is 1.24. The molecule has 2 N–H and O–H groups in total. The highest BCUT2D eigenvalue weighted by molar-refractivity contribution is 9.10. The maximum atomic E-state index is 13.5. The maximum Gasteiger partial charge on any atom is 0.343 e. The van der Waals surface area contributed by atoms with Gasteiger partial charge in [0.2, 0.25) is 6.79 Å². The molecular weight excluding hydrogens is 666 g/mol. The van der Waals surface area contributed by atoms with Gasteiger partial charge in [-0.1, -0.05) is 45.7 Å². The van der Waals surface area contributed by atoms with Gasteiger partial charge in [0, 0.05) is 26.0 Å². The molecule has 1 aliphatic heterocycles. The van der Waals surface area contributed by atoms with Crippen LogP contribution in [0.2, 0.25) is 5.02 Å². The summed E-state index contributed by atoms with van der Waals surface area (Å²) < 4.78 is 28.3. The predicted octanol–water partition coefficient (Wildman–Crippen LogP) is 7.37. The van der Waals surface area contributed by atoms with E-state index in [4.69, 9.17) is 35.3 Å². The Morgan fingerprint density at radius 1 is 1.02 bits per heavy atom. The number of hydrazone groups is 1. The van der Waals surface area contributed by atoms with Gasteiger partial charge in [0.25, 0.3) is 5.91 Å². The number of H-pyrrole nitrogens is 1. The Labute approximate surface area is 271 Å². The molecule has 0 aliphatic carbocycles. The van der Waals surface area contributed by atoms with Crippen molar-refractivity contribution in [1.29, 1.82) is 0 Å². The number of hydrogen-bond acceptors (Lipinski definition) is 8. The molecule has 0 fully saturated rings. The molecule has 0 unspecified atom stereocenters. The number of amides is 1. The summed E-state index contributed by atoms with van der Waals surface area (Å²) in [6, 6.07) is 20.7. The molecule has 0 saturated carbocycles. The lowest BCUT2D eigenvalue weighted by atomic mass is 10.0. The number of esters is 1. The number of aromatic amines is 1. The number of benzene rings is 4. The number of methoxy groups -OCH3 is 1. The number of fused-ring (bicyclic) bond motifs is 2. The van der Waals surface area contributed by atoms with Crippen LogP contribution in [-0.2, 0) is 0 Å². The number of halogens is 2. The largest absolute Gasteiger partial charge is 0.495 e. The monoisotopic (exact) mass is 689 g/mol. The molecule has 0 bridgehead atoms. The highest BCUT2D eigenvalue weighted by Gasteiger charge is 2.24. The average Bonchev–Trinajstić information content (AvgIpc) is 3.68. The Hall–Kier alpha value is -5.00. The zero-order valence-corrected chi connectivity index (χ0v) is 26.3. The van der Waals surface area contributed by atoms with E-state index in [1.165, 1.54) is 6.21 Å². The lowest BCUT2D eigenvalue weighted by Crippen LogP contribution is -2.19. The topological polar surface area (TPSA) is 120 Å². The number of ether oxygens (including phenoxy) is 5.